The number of esters is 2. The van der Waals surface area contributed by atoms with Crippen LogP contribution in [0.3, 0.4) is 0 Å². The Morgan fingerprint density at radius 3 is 1.48 bits per heavy atom. The number of anilines is 4. The number of nitrogens with one attached hydrogen (secondary N) is 1. The summed E-state index contributed by atoms with van der Waals surface area (Å²) in [5.74, 6) is 0.0398. The summed E-state index contributed by atoms with van der Waals surface area (Å²) < 4.78 is 42.3. The quantitative estimate of drug-likeness (QED) is 0.0934. The first kappa shape index (κ1) is 56.8. The number of hydrogen-bond donors (Lipinski definition) is 2. The van der Waals surface area contributed by atoms with Crippen molar-refractivity contribution in [2.24, 2.45) is 17.6 Å². The normalized spacial score (nSPS) is 24.3. The van der Waals surface area contributed by atoms with Crippen molar-refractivity contribution in [2.75, 3.05) is 104 Å². The number of carbonyl (C=O) groups is 3. The number of nitrogens with zero attached hydrogens (tertiary/aromatic N) is 8. The largest absolute Gasteiger partial charge is 0.469 e. The fraction of sp³-hybridized carbons (Fsp3) is 0.426. The van der Waals surface area contributed by atoms with E-state index < -0.39 is 39.5 Å². The Bertz CT molecular complexity index is 3430. The van der Waals surface area contributed by atoms with Gasteiger partial charge in [0.15, 0.2) is 0 Å². The molecule has 434 valence electrons. The molecule has 3 N–H and O–H groups in total. The van der Waals surface area contributed by atoms with Crippen molar-refractivity contribution in [1.82, 2.24) is 25.3 Å². The summed E-state index contributed by atoms with van der Waals surface area (Å²) >= 11 is 12.1. The van der Waals surface area contributed by atoms with Gasteiger partial charge in [0.05, 0.1) is 80.2 Å². The minimum Gasteiger partial charge on any atom is -0.469 e. The van der Waals surface area contributed by atoms with Crippen LogP contribution in [-0.4, -0.2) is 143 Å². The third-order valence-electron chi connectivity index (χ3n) is 17.5. The zero-order chi connectivity index (χ0) is 57.5. The number of aromatic nitrogens is 4. The van der Waals surface area contributed by atoms with Crippen LogP contribution in [0.25, 0.3) is 11.1 Å². The van der Waals surface area contributed by atoms with Gasteiger partial charge in [0, 0.05) is 128 Å². The van der Waals surface area contributed by atoms with Crippen LogP contribution in [0.4, 0.5) is 28.1 Å². The molecule has 4 unspecified atom stereocenters. The highest BCUT2D eigenvalue weighted by Crippen LogP contribution is 2.47. The molecule has 4 fully saturated rings. The van der Waals surface area contributed by atoms with Gasteiger partial charge in [-0.3, -0.25) is 18.0 Å². The van der Waals surface area contributed by atoms with Crippen molar-refractivity contribution in [1.29, 1.82) is 0 Å². The summed E-state index contributed by atoms with van der Waals surface area (Å²) in [5, 5.41) is 4.46. The Kier molecular flexibility index (Phi) is 16.7. The van der Waals surface area contributed by atoms with E-state index in [0.29, 0.717) is 95.5 Å². The van der Waals surface area contributed by atoms with Gasteiger partial charge in [0.2, 0.25) is 11.9 Å². The first-order valence-electron chi connectivity index (χ1n) is 28.4. The summed E-state index contributed by atoms with van der Waals surface area (Å²) in [6.07, 6.45) is 2.71. The summed E-state index contributed by atoms with van der Waals surface area (Å²) in [6, 6.07) is 31.7. The molecule has 4 aromatic carbocycles. The van der Waals surface area contributed by atoms with Crippen LogP contribution in [0.1, 0.15) is 77.3 Å². The second-order valence-corrected chi connectivity index (χ2v) is 26.1. The number of halogens is 2. The molecule has 8 atom stereocenters. The number of aryl methyl sites for hydroxylation is 2. The minimum atomic E-state index is -1.27. The van der Waals surface area contributed by atoms with Crippen molar-refractivity contribution >= 4 is 86.1 Å². The van der Waals surface area contributed by atoms with E-state index in [-0.39, 0.29) is 48.4 Å². The molecular formula is C61H66Cl2N10O8S2. The lowest BCUT2D eigenvalue weighted by Gasteiger charge is -2.36. The summed E-state index contributed by atoms with van der Waals surface area (Å²) in [7, 11) is 0.356. The molecule has 2 saturated heterocycles. The highest BCUT2D eigenvalue weighted by molar-refractivity contribution is 7.85. The van der Waals surface area contributed by atoms with Crippen LogP contribution < -0.4 is 30.7 Å². The van der Waals surface area contributed by atoms with Crippen LogP contribution in [0, 0.1) is 11.8 Å². The lowest BCUT2D eigenvalue weighted by Crippen LogP contribution is -2.47. The van der Waals surface area contributed by atoms with Crippen LogP contribution in [0.2, 0.25) is 10.0 Å². The van der Waals surface area contributed by atoms with E-state index in [4.69, 9.17) is 63.1 Å². The van der Waals surface area contributed by atoms with Gasteiger partial charge in [-0.25, -0.2) is 24.7 Å². The van der Waals surface area contributed by atoms with Crippen molar-refractivity contribution < 1.29 is 37.0 Å². The number of nitrogens with two attached hydrogens (primary N) is 1. The number of methoxy groups -OCH3 is 2. The smallest absolute Gasteiger partial charge is 0.407 e. The van der Waals surface area contributed by atoms with Gasteiger partial charge in [-0.2, -0.15) is 0 Å². The topological polar surface area (TPSA) is 216 Å². The van der Waals surface area contributed by atoms with Crippen molar-refractivity contribution in [3.8, 4) is 11.1 Å². The molecule has 6 aromatic rings. The SMILES string of the molecule is COC(=O)[C@@H]1C[C@@H](N)CC1c1nc(N2CCN(c3ccc(Cl)cc3)CC2)nc2c1S(=O)CC2.COC(=O)[C@@H]1C[C@@H](NC(=O)OCC2c3ccccc3-c3ccccc32)CC1c1nc(N2CCN(c3ccc(Cl)cc3)CC2)nc2c1S(=O)CC2. The maximum Gasteiger partial charge on any atom is 0.407 e. The van der Waals surface area contributed by atoms with Crippen LogP contribution >= 0.6 is 23.2 Å². The Balaban J connectivity index is 0.000000178. The zero-order valence-corrected chi connectivity index (χ0v) is 49.4. The second kappa shape index (κ2) is 24.5. The fourth-order valence-electron chi connectivity index (χ4n) is 13.3. The molecule has 2 saturated carbocycles. The number of fused-ring (bicyclic) bond motifs is 5. The number of alkyl carbamates (subject to hydrolysis) is 1. The molecule has 2 aromatic heterocycles. The Morgan fingerprint density at radius 1 is 0.578 bits per heavy atom. The summed E-state index contributed by atoms with van der Waals surface area (Å²) in [4.78, 5) is 69.0. The third-order valence-corrected chi connectivity index (χ3v) is 20.9. The van der Waals surface area contributed by atoms with Crippen LogP contribution in [0.5, 0.6) is 0 Å². The van der Waals surface area contributed by atoms with E-state index in [1.807, 2.05) is 72.8 Å². The van der Waals surface area contributed by atoms with Gasteiger partial charge in [-0.15, -0.1) is 0 Å². The lowest BCUT2D eigenvalue weighted by atomic mass is 9.92. The number of ether oxygens (including phenoxy) is 3. The standard InChI is InChI=1S/C38H38ClN5O5S.C23H28ClN5O3S/c1-48-36(45)31-21-24(40-38(46)49-22-32-28-8-4-2-6-26(28)27-7-3-5-9-29(27)32)20-30(31)34-35-33(14-19-50(35)47)41-37(42-34)44-17-15-43(16-18-44)25-12-10-23(39)11-13-25;1-32-22(30)18-13-15(25)12-17(18)20-21-19(6-11-33(21)31)26-23(27-20)29-9-7-28(8-10-29)16-4-2-14(24)3-5-16/h2-13,24,30-32H,14-22H2,1H3,(H,40,46);2-5,15,17-18H,6-13,25H2,1H3/t24-,30?,31+,50?;15-,17?,18+,33?/m00/s1. The number of amides is 1. The first-order valence-corrected chi connectivity index (χ1v) is 31.8. The number of benzene rings is 4. The molecule has 1 amide bonds. The number of carbonyl (C=O) groups excluding carboxylic acids is 3. The zero-order valence-electron chi connectivity index (χ0n) is 46.3. The van der Waals surface area contributed by atoms with E-state index in [2.05, 4.69) is 49.2 Å². The molecule has 3 aliphatic carbocycles. The highest BCUT2D eigenvalue weighted by Gasteiger charge is 2.46. The van der Waals surface area contributed by atoms with Crippen LogP contribution in [0.15, 0.2) is 107 Å². The maximum absolute atomic E-state index is 13.3. The molecule has 6 heterocycles. The Labute approximate surface area is 497 Å². The van der Waals surface area contributed by atoms with Crippen LogP contribution in [-0.2, 0) is 58.2 Å². The molecule has 13 rings (SSSR count). The van der Waals surface area contributed by atoms with E-state index >= 15 is 0 Å². The third kappa shape index (κ3) is 11.7. The molecule has 7 aliphatic rings. The van der Waals surface area contributed by atoms with Gasteiger partial charge in [0.1, 0.15) is 6.61 Å². The molecule has 83 heavy (non-hydrogen) atoms. The lowest BCUT2D eigenvalue weighted by molar-refractivity contribution is -0.146. The average molecular weight is 1200 g/mol. The number of rotatable bonds is 11. The molecule has 18 nitrogen and oxygen atoms in total. The van der Waals surface area contributed by atoms with Gasteiger partial charge >= 0.3 is 18.0 Å². The summed E-state index contributed by atoms with van der Waals surface area (Å²) in [6.45, 7) is 6.40. The molecule has 0 radical (unpaired) electrons. The maximum atomic E-state index is 13.3. The van der Waals surface area contributed by atoms with E-state index in [1.165, 1.54) is 14.2 Å². The van der Waals surface area contributed by atoms with Crippen molar-refractivity contribution in [3.05, 3.63) is 141 Å². The Morgan fingerprint density at radius 2 is 1.01 bits per heavy atom. The molecule has 4 aliphatic heterocycles. The minimum absolute atomic E-state index is 0.0580. The van der Waals surface area contributed by atoms with Gasteiger partial charge in [-0.05, 0) is 96.5 Å². The molecular weight excluding hydrogens is 1140 g/mol. The number of hydrogen-bond acceptors (Lipinski definition) is 17. The fourth-order valence-corrected chi connectivity index (χ4v) is 16.4. The second-order valence-electron chi connectivity index (χ2n) is 22.2. The molecule has 0 spiro atoms. The first-order chi connectivity index (χ1) is 40.3. The predicted molar refractivity (Wildman–Crippen MR) is 321 cm³/mol. The van der Waals surface area contributed by atoms with E-state index in [9.17, 15) is 22.8 Å². The van der Waals surface area contributed by atoms with Crippen molar-refractivity contribution in [3.63, 3.8) is 0 Å². The monoisotopic (exact) mass is 1200 g/mol. The van der Waals surface area contributed by atoms with E-state index in [0.717, 1.165) is 95.0 Å². The highest BCUT2D eigenvalue weighted by atomic mass is 35.5. The van der Waals surface area contributed by atoms with Gasteiger partial charge in [0.25, 0.3) is 0 Å². The number of piperazine rings is 2. The summed E-state index contributed by atoms with van der Waals surface area (Å²) in [5.41, 5.74) is 16.1. The predicted octanol–water partition coefficient (Wildman–Crippen LogP) is 7.81. The van der Waals surface area contributed by atoms with Gasteiger partial charge < -0.3 is 44.9 Å². The van der Waals surface area contributed by atoms with E-state index in [1.54, 1.807) is 0 Å². The van der Waals surface area contributed by atoms with Crippen molar-refractivity contribution in [2.45, 2.75) is 78.2 Å². The van der Waals surface area contributed by atoms with Gasteiger partial charge in [-0.1, -0.05) is 71.7 Å². The molecule has 22 heteroatoms. The molecule has 0 bridgehead atoms. The Hall–Kier alpha value is -6.71. The average Bonchev–Trinajstić information content (AvgIpc) is 4.26.